The smallest absolute Gasteiger partial charge is 0.0367 e. The summed E-state index contributed by atoms with van der Waals surface area (Å²) in [6.07, 6.45) is 4.03. The number of nitrogens with two attached hydrogens (primary N) is 1. The predicted octanol–water partition coefficient (Wildman–Crippen LogP) is 2.44. The van der Waals surface area contributed by atoms with Gasteiger partial charge in [0.25, 0.3) is 0 Å². The Morgan fingerprint density at radius 2 is 1.82 bits per heavy atom. The Hall–Kier alpha value is -1.22. The van der Waals surface area contributed by atoms with Crippen LogP contribution < -0.4 is 16.0 Å². The van der Waals surface area contributed by atoms with Gasteiger partial charge in [0.15, 0.2) is 0 Å². The van der Waals surface area contributed by atoms with Gasteiger partial charge in [0, 0.05) is 37.1 Å². The van der Waals surface area contributed by atoms with E-state index in [4.69, 9.17) is 5.73 Å². The topological polar surface area (TPSA) is 41.3 Å². The number of hydrogen-bond acceptors (Lipinski definition) is 3. The minimum absolute atomic E-state index is 0.329. The lowest BCUT2D eigenvalue weighted by molar-refractivity contribution is 0.578. The Morgan fingerprint density at radius 1 is 1.18 bits per heavy atom. The van der Waals surface area contributed by atoms with Gasteiger partial charge in [0.1, 0.15) is 0 Å². The molecule has 0 saturated carbocycles. The summed E-state index contributed by atoms with van der Waals surface area (Å²) in [7, 11) is 0. The van der Waals surface area contributed by atoms with Crippen LogP contribution in [0.25, 0.3) is 0 Å². The molecule has 0 radical (unpaired) electrons. The van der Waals surface area contributed by atoms with Crippen LogP contribution in [0.3, 0.4) is 0 Å². The number of rotatable bonds is 4. The first-order valence-electron chi connectivity index (χ1n) is 6.61. The van der Waals surface area contributed by atoms with E-state index in [2.05, 4.69) is 41.4 Å². The molecule has 1 fully saturated rings. The van der Waals surface area contributed by atoms with Gasteiger partial charge in [-0.15, -0.1) is 0 Å². The SMILES string of the molecule is CC(CN)Nc1ccc(N2CCCCC2)cc1. The Morgan fingerprint density at radius 3 is 2.41 bits per heavy atom. The molecule has 0 aliphatic carbocycles. The molecule has 1 aromatic rings. The minimum Gasteiger partial charge on any atom is -0.381 e. The van der Waals surface area contributed by atoms with Crippen molar-refractivity contribution >= 4 is 11.4 Å². The maximum atomic E-state index is 5.60. The first kappa shape index (κ1) is 12.2. The number of nitrogens with zero attached hydrogens (tertiary/aromatic N) is 1. The van der Waals surface area contributed by atoms with Crippen molar-refractivity contribution in [3.8, 4) is 0 Å². The summed E-state index contributed by atoms with van der Waals surface area (Å²) < 4.78 is 0. The number of piperidine rings is 1. The molecule has 17 heavy (non-hydrogen) atoms. The van der Waals surface area contributed by atoms with Crippen LogP contribution in [0.5, 0.6) is 0 Å². The van der Waals surface area contributed by atoms with Crippen LogP contribution >= 0.6 is 0 Å². The lowest BCUT2D eigenvalue weighted by Gasteiger charge is -2.29. The van der Waals surface area contributed by atoms with Gasteiger partial charge in [-0.1, -0.05) is 0 Å². The Labute approximate surface area is 104 Å². The molecule has 1 aliphatic rings. The summed E-state index contributed by atoms with van der Waals surface area (Å²) in [5.41, 5.74) is 8.10. The molecule has 0 spiro atoms. The maximum Gasteiger partial charge on any atom is 0.0367 e. The van der Waals surface area contributed by atoms with E-state index in [1.165, 1.54) is 38.0 Å². The van der Waals surface area contributed by atoms with Gasteiger partial charge in [0.2, 0.25) is 0 Å². The van der Waals surface area contributed by atoms with Crippen LogP contribution in [0, 0.1) is 0 Å². The number of nitrogens with one attached hydrogen (secondary N) is 1. The fourth-order valence-electron chi connectivity index (χ4n) is 2.26. The van der Waals surface area contributed by atoms with E-state index in [1.807, 2.05) is 0 Å². The van der Waals surface area contributed by atoms with E-state index in [1.54, 1.807) is 0 Å². The van der Waals surface area contributed by atoms with Crippen LogP contribution in [0.4, 0.5) is 11.4 Å². The van der Waals surface area contributed by atoms with Gasteiger partial charge in [-0.3, -0.25) is 0 Å². The third kappa shape index (κ3) is 3.37. The Kier molecular flexibility index (Phi) is 4.26. The van der Waals surface area contributed by atoms with E-state index >= 15 is 0 Å². The zero-order valence-electron chi connectivity index (χ0n) is 10.7. The lowest BCUT2D eigenvalue weighted by Crippen LogP contribution is -2.29. The summed E-state index contributed by atoms with van der Waals surface area (Å²) in [4.78, 5) is 2.47. The Bertz CT molecular complexity index is 328. The van der Waals surface area contributed by atoms with Crippen molar-refractivity contribution in [3.05, 3.63) is 24.3 Å². The zero-order chi connectivity index (χ0) is 12.1. The van der Waals surface area contributed by atoms with Crippen LogP contribution in [0.15, 0.2) is 24.3 Å². The van der Waals surface area contributed by atoms with Gasteiger partial charge in [-0.2, -0.15) is 0 Å². The third-order valence-electron chi connectivity index (χ3n) is 3.36. The molecule has 1 heterocycles. The summed E-state index contributed by atoms with van der Waals surface area (Å²) in [5.74, 6) is 0. The summed E-state index contributed by atoms with van der Waals surface area (Å²) in [6, 6.07) is 9.04. The highest BCUT2D eigenvalue weighted by Crippen LogP contribution is 2.21. The average Bonchev–Trinajstić information content (AvgIpc) is 2.40. The molecule has 0 amide bonds. The molecule has 1 atom stereocenters. The van der Waals surface area contributed by atoms with Gasteiger partial charge in [0.05, 0.1) is 0 Å². The van der Waals surface area contributed by atoms with Crippen LogP contribution in [0.2, 0.25) is 0 Å². The molecule has 3 N–H and O–H groups in total. The van der Waals surface area contributed by atoms with Crippen molar-refractivity contribution in [2.45, 2.75) is 32.2 Å². The lowest BCUT2D eigenvalue weighted by atomic mass is 10.1. The second-order valence-corrected chi connectivity index (χ2v) is 4.88. The van der Waals surface area contributed by atoms with E-state index in [0.717, 1.165) is 5.69 Å². The highest BCUT2D eigenvalue weighted by atomic mass is 15.1. The third-order valence-corrected chi connectivity index (χ3v) is 3.36. The molecule has 1 unspecified atom stereocenters. The molecular weight excluding hydrogens is 210 g/mol. The van der Waals surface area contributed by atoms with E-state index in [9.17, 15) is 0 Å². The average molecular weight is 233 g/mol. The van der Waals surface area contributed by atoms with Gasteiger partial charge in [-0.05, 0) is 50.5 Å². The second kappa shape index (κ2) is 5.92. The second-order valence-electron chi connectivity index (χ2n) is 4.88. The molecule has 3 heteroatoms. The van der Waals surface area contributed by atoms with Crippen molar-refractivity contribution in [2.75, 3.05) is 29.9 Å². The van der Waals surface area contributed by atoms with Crippen LogP contribution in [0.1, 0.15) is 26.2 Å². The van der Waals surface area contributed by atoms with E-state index < -0.39 is 0 Å². The first-order valence-corrected chi connectivity index (χ1v) is 6.61. The van der Waals surface area contributed by atoms with Crippen molar-refractivity contribution in [2.24, 2.45) is 5.73 Å². The fourth-order valence-corrected chi connectivity index (χ4v) is 2.26. The number of anilines is 2. The number of hydrogen-bond donors (Lipinski definition) is 2. The highest BCUT2D eigenvalue weighted by molar-refractivity contribution is 5.55. The minimum atomic E-state index is 0.329. The number of benzene rings is 1. The highest BCUT2D eigenvalue weighted by Gasteiger charge is 2.10. The van der Waals surface area contributed by atoms with Crippen molar-refractivity contribution in [1.29, 1.82) is 0 Å². The van der Waals surface area contributed by atoms with Crippen molar-refractivity contribution < 1.29 is 0 Å². The van der Waals surface area contributed by atoms with Gasteiger partial charge >= 0.3 is 0 Å². The molecule has 2 rings (SSSR count). The Balaban J connectivity index is 1.97. The zero-order valence-corrected chi connectivity index (χ0v) is 10.7. The summed E-state index contributed by atoms with van der Waals surface area (Å²) >= 11 is 0. The first-order chi connectivity index (χ1) is 8.29. The molecule has 0 aromatic heterocycles. The molecule has 94 valence electrons. The molecule has 0 bridgehead atoms. The van der Waals surface area contributed by atoms with Crippen molar-refractivity contribution in [1.82, 2.24) is 0 Å². The monoisotopic (exact) mass is 233 g/mol. The van der Waals surface area contributed by atoms with Gasteiger partial charge < -0.3 is 16.0 Å². The predicted molar refractivity (Wildman–Crippen MR) is 74.6 cm³/mol. The maximum absolute atomic E-state index is 5.60. The summed E-state index contributed by atoms with van der Waals surface area (Å²) in [5, 5.41) is 3.38. The molecule has 1 saturated heterocycles. The molecular formula is C14H23N3. The van der Waals surface area contributed by atoms with Crippen LogP contribution in [-0.4, -0.2) is 25.7 Å². The van der Waals surface area contributed by atoms with Crippen molar-refractivity contribution in [3.63, 3.8) is 0 Å². The standard InChI is InChI=1S/C14H23N3/c1-12(11-15)16-13-5-7-14(8-6-13)17-9-3-2-4-10-17/h5-8,12,16H,2-4,9-11,15H2,1H3. The van der Waals surface area contributed by atoms with E-state index in [-0.39, 0.29) is 0 Å². The molecule has 3 nitrogen and oxygen atoms in total. The van der Waals surface area contributed by atoms with Gasteiger partial charge in [-0.25, -0.2) is 0 Å². The van der Waals surface area contributed by atoms with Crippen LogP contribution in [-0.2, 0) is 0 Å². The van der Waals surface area contributed by atoms with E-state index in [0.29, 0.717) is 12.6 Å². The quantitative estimate of drug-likeness (QED) is 0.839. The largest absolute Gasteiger partial charge is 0.381 e. The molecule has 1 aliphatic heterocycles. The normalized spacial score (nSPS) is 17.9. The summed E-state index contributed by atoms with van der Waals surface area (Å²) in [6.45, 7) is 5.16. The fraction of sp³-hybridized carbons (Fsp3) is 0.571. The molecule has 1 aromatic carbocycles.